The van der Waals surface area contributed by atoms with Crippen LogP contribution in [0.1, 0.15) is 70.2 Å². The molecular formula is C24H23F2N5O3S. The van der Waals surface area contributed by atoms with E-state index in [1.54, 1.807) is 11.6 Å². The van der Waals surface area contributed by atoms with E-state index in [2.05, 4.69) is 15.4 Å². The number of carbonyl (C=O) groups excluding carboxylic acids is 1. The third kappa shape index (κ3) is 3.78. The Hall–Kier alpha value is -3.02. The van der Waals surface area contributed by atoms with Crippen molar-refractivity contribution in [2.75, 3.05) is 6.61 Å². The second-order valence-corrected chi connectivity index (χ2v) is 10.2. The van der Waals surface area contributed by atoms with Gasteiger partial charge in [0.1, 0.15) is 22.7 Å². The number of halogens is 2. The number of aliphatic hydroxyl groups is 1. The summed E-state index contributed by atoms with van der Waals surface area (Å²) in [5.74, 6) is -1.43. The number of amides is 1. The SMILES string of the molecule is C[C@@H]1N=C(c2c(F)cccc2F)c2c(sc3c2COCCC3)-n2nc(C(=O)NC3CC(O)C3)nc21. The Morgan fingerprint density at radius 2 is 2.03 bits per heavy atom. The number of hydrogen-bond donors (Lipinski definition) is 2. The zero-order valence-corrected chi connectivity index (χ0v) is 19.7. The molecule has 0 spiro atoms. The molecule has 182 valence electrons. The first-order valence-corrected chi connectivity index (χ1v) is 12.4. The minimum atomic E-state index is -0.702. The summed E-state index contributed by atoms with van der Waals surface area (Å²) in [6, 6.07) is 3.02. The van der Waals surface area contributed by atoms with Crippen molar-refractivity contribution in [3.05, 3.63) is 63.0 Å². The smallest absolute Gasteiger partial charge is 0.291 e. The van der Waals surface area contributed by atoms with E-state index in [0.29, 0.717) is 42.4 Å². The van der Waals surface area contributed by atoms with Gasteiger partial charge in [-0.3, -0.25) is 9.79 Å². The van der Waals surface area contributed by atoms with E-state index in [9.17, 15) is 18.7 Å². The zero-order valence-electron chi connectivity index (χ0n) is 18.9. The fourth-order valence-corrected chi connectivity index (χ4v) is 6.09. The van der Waals surface area contributed by atoms with Crippen LogP contribution < -0.4 is 5.32 Å². The van der Waals surface area contributed by atoms with Crippen LogP contribution in [0, 0.1) is 11.6 Å². The summed E-state index contributed by atoms with van der Waals surface area (Å²) in [4.78, 5) is 23.1. The highest BCUT2D eigenvalue weighted by Gasteiger charge is 2.35. The molecule has 4 heterocycles. The Morgan fingerprint density at radius 3 is 2.77 bits per heavy atom. The average Bonchev–Trinajstić information content (AvgIpc) is 3.29. The van der Waals surface area contributed by atoms with Crippen LogP contribution in [-0.2, 0) is 17.8 Å². The summed E-state index contributed by atoms with van der Waals surface area (Å²) < 4.78 is 37.3. The summed E-state index contributed by atoms with van der Waals surface area (Å²) in [6.45, 7) is 2.66. The Labute approximate surface area is 203 Å². The summed E-state index contributed by atoms with van der Waals surface area (Å²) in [5.41, 5.74) is 1.42. The molecule has 2 aromatic heterocycles. The normalized spacial score (nSPS) is 23.2. The van der Waals surface area contributed by atoms with Crippen LogP contribution in [0.2, 0.25) is 0 Å². The maximum Gasteiger partial charge on any atom is 0.291 e. The molecule has 1 fully saturated rings. The Morgan fingerprint density at radius 1 is 1.26 bits per heavy atom. The summed E-state index contributed by atoms with van der Waals surface area (Å²) >= 11 is 1.46. The Balaban J connectivity index is 1.51. The van der Waals surface area contributed by atoms with Gasteiger partial charge >= 0.3 is 0 Å². The molecule has 0 saturated heterocycles. The fourth-order valence-electron chi connectivity index (χ4n) is 4.78. The Kier molecular flexibility index (Phi) is 5.50. The van der Waals surface area contributed by atoms with Crippen LogP contribution in [0.5, 0.6) is 0 Å². The lowest BCUT2D eigenvalue weighted by atomic mass is 9.89. The van der Waals surface area contributed by atoms with Crippen molar-refractivity contribution < 1.29 is 23.4 Å². The van der Waals surface area contributed by atoms with Crippen molar-refractivity contribution in [2.45, 2.75) is 57.4 Å². The van der Waals surface area contributed by atoms with Gasteiger partial charge in [-0.25, -0.2) is 18.4 Å². The maximum absolute atomic E-state index is 15.0. The van der Waals surface area contributed by atoms with Crippen molar-refractivity contribution in [3.8, 4) is 5.00 Å². The number of nitrogens with one attached hydrogen (secondary N) is 1. The summed E-state index contributed by atoms with van der Waals surface area (Å²) in [7, 11) is 0. The van der Waals surface area contributed by atoms with E-state index in [0.717, 1.165) is 23.3 Å². The first kappa shape index (κ1) is 22.4. The average molecular weight is 500 g/mol. The van der Waals surface area contributed by atoms with Crippen LogP contribution >= 0.6 is 11.3 Å². The van der Waals surface area contributed by atoms with Gasteiger partial charge in [0.2, 0.25) is 5.82 Å². The molecule has 1 saturated carbocycles. The fraction of sp³-hybridized carbons (Fsp3) is 0.417. The van der Waals surface area contributed by atoms with Crippen LogP contribution in [0.25, 0.3) is 5.00 Å². The van der Waals surface area contributed by atoms with Gasteiger partial charge in [-0.05, 0) is 44.7 Å². The first-order valence-electron chi connectivity index (χ1n) is 11.6. The molecule has 1 aliphatic carbocycles. The summed E-state index contributed by atoms with van der Waals surface area (Å²) in [5, 5.41) is 17.5. The van der Waals surface area contributed by atoms with Gasteiger partial charge in [0.05, 0.1) is 24.0 Å². The lowest BCUT2D eigenvalue weighted by Gasteiger charge is -2.31. The monoisotopic (exact) mass is 499 g/mol. The van der Waals surface area contributed by atoms with Crippen molar-refractivity contribution in [1.29, 1.82) is 0 Å². The quantitative estimate of drug-likeness (QED) is 0.576. The molecule has 2 N–H and O–H groups in total. The van der Waals surface area contributed by atoms with E-state index in [1.807, 2.05) is 0 Å². The second-order valence-electron chi connectivity index (χ2n) is 9.09. The number of fused-ring (bicyclic) bond motifs is 5. The lowest BCUT2D eigenvalue weighted by molar-refractivity contribution is 0.0558. The lowest BCUT2D eigenvalue weighted by Crippen LogP contribution is -2.47. The molecule has 3 aliphatic rings. The number of rotatable bonds is 3. The van der Waals surface area contributed by atoms with Crippen LogP contribution in [-0.4, -0.2) is 50.2 Å². The molecule has 6 rings (SSSR count). The number of hydrogen-bond acceptors (Lipinski definition) is 7. The number of aromatic nitrogens is 3. The minimum absolute atomic E-state index is 0.00486. The molecule has 11 heteroatoms. The molecule has 1 atom stereocenters. The molecule has 0 bridgehead atoms. The molecule has 8 nitrogen and oxygen atoms in total. The Bertz CT molecular complexity index is 1340. The molecule has 0 radical (unpaired) electrons. The highest BCUT2D eigenvalue weighted by molar-refractivity contribution is 7.15. The number of aliphatic imine (C=N–C) groups is 1. The van der Waals surface area contributed by atoms with Gasteiger partial charge in [0, 0.05) is 28.7 Å². The van der Waals surface area contributed by atoms with Gasteiger partial charge in [-0.2, -0.15) is 0 Å². The van der Waals surface area contributed by atoms with Crippen molar-refractivity contribution >= 4 is 23.0 Å². The van der Waals surface area contributed by atoms with Gasteiger partial charge in [-0.15, -0.1) is 16.4 Å². The molecule has 2 aliphatic heterocycles. The van der Waals surface area contributed by atoms with Crippen molar-refractivity contribution in [2.24, 2.45) is 4.99 Å². The number of nitrogens with zero attached hydrogens (tertiary/aromatic N) is 4. The second kappa shape index (κ2) is 8.58. The van der Waals surface area contributed by atoms with Crippen LogP contribution in [0.3, 0.4) is 0 Å². The van der Waals surface area contributed by atoms with Gasteiger partial charge < -0.3 is 15.2 Å². The number of carbonyl (C=O) groups is 1. The molecule has 1 aromatic carbocycles. The molecule has 35 heavy (non-hydrogen) atoms. The number of aliphatic hydroxyl groups excluding tert-OH is 1. The van der Waals surface area contributed by atoms with E-state index in [4.69, 9.17) is 9.73 Å². The van der Waals surface area contributed by atoms with Crippen LogP contribution in [0.15, 0.2) is 23.2 Å². The van der Waals surface area contributed by atoms with Gasteiger partial charge in [0.25, 0.3) is 5.91 Å². The van der Waals surface area contributed by atoms with E-state index >= 15 is 0 Å². The number of aryl methyl sites for hydroxylation is 1. The topological polar surface area (TPSA) is 102 Å². The number of thiophene rings is 1. The molecule has 0 unspecified atom stereocenters. The van der Waals surface area contributed by atoms with Gasteiger partial charge in [-0.1, -0.05) is 6.07 Å². The third-order valence-electron chi connectivity index (χ3n) is 6.62. The molecule has 3 aromatic rings. The number of ether oxygens (including phenoxy) is 1. The highest BCUT2D eigenvalue weighted by Crippen LogP contribution is 2.40. The molecular weight excluding hydrogens is 476 g/mol. The summed E-state index contributed by atoms with van der Waals surface area (Å²) in [6.07, 6.45) is 2.19. The number of benzene rings is 1. The minimum Gasteiger partial charge on any atom is -0.393 e. The molecule has 1 amide bonds. The van der Waals surface area contributed by atoms with Crippen molar-refractivity contribution in [3.63, 3.8) is 0 Å². The predicted molar refractivity (Wildman–Crippen MR) is 124 cm³/mol. The predicted octanol–water partition coefficient (Wildman–Crippen LogP) is 3.23. The standard InChI is InChI=1S/C24H23F2N5O3S/c1-11-22-29-21(23(33)28-12-8-13(32)9-12)30-31(22)24-18(14-10-34-7-3-6-17(14)35-24)20(27-11)19-15(25)4-2-5-16(19)26/h2,4-5,11-13,32H,3,6-10H2,1H3,(H,28,33)/t11-,12?,13?/m0/s1. The van der Waals surface area contributed by atoms with Gasteiger partial charge in [0.15, 0.2) is 5.82 Å². The highest BCUT2D eigenvalue weighted by atomic mass is 32.1. The largest absolute Gasteiger partial charge is 0.393 e. The zero-order chi connectivity index (χ0) is 24.3. The van der Waals surface area contributed by atoms with E-state index < -0.39 is 29.7 Å². The third-order valence-corrected chi connectivity index (χ3v) is 7.89. The van der Waals surface area contributed by atoms with E-state index in [1.165, 1.54) is 29.5 Å². The van der Waals surface area contributed by atoms with Crippen LogP contribution in [0.4, 0.5) is 8.78 Å². The van der Waals surface area contributed by atoms with Crippen molar-refractivity contribution in [1.82, 2.24) is 20.1 Å². The van der Waals surface area contributed by atoms with E-state index in [-0.39, 0.29) is 23.1 Å². The maximum atomic E-state index is 15.0. The first-order chi connectivity index (χ1) is 16.9.